The number of methoxy groups -OCH3 is 3. The molecule has 0 spiro atoms. The molecule has 0 saturated carbocycles. The molecule has 1 aromatic rings. The SMILES string of the molecule is COc1ccc(CN2CCC(C3CCCN3)CC2)c(OC)c1OC.Cl. The molecule has 2 aliphatic rings. The van der Waals surface area contributed by atoms with Gasteiger partial charge in [0.05, 0.1) is 21.3 Å². The first-order valence-electron chi connectivity index (χ1n) is 9.00. The lowest BCUT2D eigenvalue weighted by atomic mass is 9.88. The molecule has 3 rings (SSSR count). The van der Waals surface area contributed by atoms with Crippen LogP contribution in [0.15, 0.2) is 12.1 Å². The summed E-state index contributed by atoms with van der Waals surface area (Å²) in [7, 11) is 5.00. The van der Waals surface area contributed by atoms with Crippen molar-refractivity contribution in [1.82, 2.24) is 10.2 Å². The molecule has 2 aliphatic heterocycles. The Balaban J connectivity index is 0.00000225. The van der Waals surface area contributed by atoms with Crippen molar-refractivity contribution in [3.8, 4) is 17.2 Å². The van der Waals surface area contributed by atoms with Crippen molar-refractivity contribution in [2.24, 2.45) is 5.92 Å². The fraction of sp³-hybridized carbons (Fsp3) is 0.684. The number of piperidine rings is 1. The number of halogens is 1. The lowest BCUT2D eigenvalue weighted by Gasteiger charge is -2.35. The van der Waals surface area contributed by atoms with Crippen LogP contribution in [0.2, 0.25) is 0 Å². The molecule has 2 heterocycles. The Hall–Kier alpha value is -1.17. The van der Waals surface area contributed by atoms with Crippen molar-refractivity contribution in [1.29, 1.82) is 0 Å². The monoisotopic (exact) mass is 370 g/mol. The van der Waals surface area contributed by atoms with Gasteiger partial charge in [0, 0.05) is 18.2 Å². The minimum Gasteiger partial charge on any atom is -0.493 e. The molecule has 5 nitrogen and oxygen atoms in total. The Morgan fingerprint density at radius 3 is 2.28 bits per heavy atom. The minimum atomic E-state index is 0. The van der Waals surface area contributed by atoms with E-state index in [0.717, 1.165) is 42.9 Å². The minimum absolute atomic E-state index is 0. The summed E-state index contributed by atoms with van der Waals surface area (Å²) in [5.74, 6) is 3.03. The number of nitrogens with zero attached hydrogens (tertiary/aromatic N) is 1. The van der Waals surface area contributed by atoms with Crippen LogP contribution in [0.5, 0.6) is 17.2 Å². The average Bonchev–Trinajstić information content (AvgIpc) is 3.16. The van der Waals surface area contributed by atoms with E-state index in [4.69, 9.17) is 14.2 Å². The maximum absolute atomic E-state index is 5.61. The van der Waals surface area contributed by atoms with E-state index in [2.05, 4.69) is 16.3 Å². The van der Waals surface area contributed by atoms with Crippen LogP contribution < -0.4 is 19.5 Å². The Morgan fingerprint density at radius 2 is 1.72 bits per heavy atom. The van der Waals surface area contributed by atoms with Gasteiger partial charge >= 0.3 is 0 Å². The summed E-state index contributed by atoms with van der Waals surface area (Å²) in [6.45, 7) is 4.41. The number of nitrogens with one attached hydrogen (secondary N) is 1. The highest BCUT2D eigenvalue weighted by Gasteiger charge is 2.28. The summed E-state index contributed by atoms with van der Waals surface area (Å²) in [5.41, 5.74) is 1.16. The smallest absolute Gasteiger partial charge is 0.203 e. The Labute approximate surface area is 157 Å². The van der Waals surface area contributed by atoms with Gasteiger partial charge in [-0.1, -0.05) is 6.07 Å². The number of likely N-dealkylation sites (tertiary alicyclic amines) is 1. The summed E-state index contributed by atoms with van der Waals surface area (Å²) >= 11 is 0. The van der Waals surface area contributed by atoms with Crippen LogP contribution in [-0.2, 0) is 6.54 Å². The maximum Gasteiger partial charge on any atom is 0.203 e. The second-order valence-corrected chi connectivity index (χ2v) is 6.81. The average molecular weight is 371 g/mol. The number of rotatable bonds is 6. The molecule has 25 heavy (non-hydrogen) atoms. The van der Waals surface area contributed by atoms with Crippen molar-refractivity contribution in [2.45, 2.75) is 38.3 Å². The van der Waals surface area contributed by atoms with Gasteiger partial charge in [0.1, 0.15) is 0 Å². The summed E-state index contributed by atoms with van der Waals surface area (Å²) in [6, 6.07) is 4.80. The topological polar surface area (TPSA) is 43.0 Å². The van der Waals surface area contributed by atoms with Crippen LogP contribution in [0.3, 0.4) is 0 Å². The van der Waals surface area contributed by atoms with Gasteiger partial charge in [-0.25, -0.2) is 0 Å². The van der Waals surface area contributed by atoms with E-state index in [0.29, 0.717) is 11.5 Å². The van der Waals surface area contributed by atoms with Gasteiger partial charge in [0.2, 0.25) is 5.75 Å². The van der Waals surface area contributed by atoms with Gasteiger partial charge in [0.25, 0.3) is 0 Å². The third kappa shape index (κ3) is 4.52. The molecule has 0 aliphatic carbocycles. The Bertz CT molecular complexity index is 542. The molecular formula is C19H31ClN2O3. The molecular weight excluding hydrogens is 340 g/mol. The highest BCUT2D eigenvalue weighted by molar-refractivity contribution is 5.85. The number of hydrogen-bond acceptors (Lipinski definition) is 5. The number of benzene rings is 1. The van der Waals surface area contributed by atoms with Crippen molar-refractivity contribution >= 4 is 12.4 Å². The predicted molar refractivity (Wildman–Crippen MR) is 102 cm³/mol. The van der Waals surface area contributed by atoms with Crippen LogP contribution in [0.25, 0.3) is 0 Å². The largest absolute Gasteiger partial charge is 0.493 e. The van der Waals surface area contributed by atoms with E-state index in [-0.39, 0.29) is 12.4 Å². The standard InChI is InChI=1S/C19H30N2O3.ClH/c1-22-17-7-6-15(18(23-2)19(17)24-3)13-21-11-8-14(9-12-21)16-5-4-10-20-16;/h6-7,14,16,20H,4-5,8-13H2,1-3H3;1H. The van der Waals surface area contributed by atoms with E-state index in [1.54, 1.807) is 21.3 Å². The van der Waals surface area contributed by atoms with Gasteiger partial charge in [-0.2, -0.15) is 0 Å². The first-order valence-corrected chi connectivity index (χ1v) is 9.00. The van der Waals surface area contributed by atoms with Gasteiger partial charge in [-0.3, -0.25) is 4.90 Å². The molecule has 1 aromatic carbocycles. The molecule has 1 atom stereocenters. The summed E-state index contributed by atoms with van der Waals surface area (Å²) < 4.78 is 16.5. The summed E-state index contributed by atoms with van der Waals surface area (Å²) in [4.78, 5) is 2.52. The predicted octanol–water partition coefficient (Wildman–Crippen LogP) is 3.10. The van der Waals surface area contributed by atoms with Crippen molar-refractivity contribution < 1.29 is 14.2 Å². The quantitative estimate of drug-likeness (QED) is 0.833. The van der Waals surface area contributed by atoms with Crippen molar-refractivity contribution in [3.05, 3.63) is 17.7 Å². The molecule has 0 bridgehead atoms. The zero-order valence-electron chi connectivity index (χ0n) is 15.5. The molecule has 2 saturated heterocycles. The second kappa shape index (κ2) is 9.51. The molecule has 0 aromatic heterocycles. The lowest BCUT2D eigenvalue weighted by Crippen LogP contribution is -2.40. The third-order valence-electron chi connectivity index (χ3n) is 5.48. The van der Waals surface area contributed by atoms with Crippen LogP contribution in [0.1, 0.15) is 31.2 Å². The molecule has 0 amide bonds. The normalized spacial score (nSPS) is 21.6. The molecule has 0 radical (unpaired) electrons. The van der Waals surface area contributed by atoms with Crippen LogP contribution in [-0.4, -0.2) is 51.9 Å². The first kappa shape index (κ1) is 20.1. The Kier molecular flexibility index (Phi) is 7.66. The van der Waals surface area contributed by atoms with Crippen molar-refractivity contribution in [3.63, 3.8) is 0 Å². The molecule has 142 valence electrons. The highest BCUT2D eigenvalue weighted by Crippen LogP contribution is 2.40. The zero-order valence-corrected chi connectivity index (χ0v) is 16.4. The van der Waals surface area contributed by atoms with Crippen LogP contribution in [0, 0.1) is 5.92 Å². The lowest BCUT2D eigenvalue weighted by molar-refractivity contribution is 0.156. The van der Waals surface area contributed by atoms with Crippen LogP contribution >= 0.6 is 12.4 Å². The van der Waals surface area contributed by atoms with E-state index in [9.17, 15) is 0 Å². The van der Waals surface area contributed by atoms with Crippen molar-refractivity contribution in [2.75, 3.05) is 41.0 Å². The molecule has 6 heteroatoms. The van der Waals surface area contributed by atoms with E-state index in [1.165, 1.54) is 32.2 Å². The fourth-order valence-corrected chi connectivity index (χ4v) is 4.16. The van der Waals surface area contributed by atoms with Gasteiger partial charge in [0.15, 0.2) is 11.5 Å². The maximum atomic E-state index is 5.61. The Morgan fingerprint density at radius 1 is 1.00 bits per heavy atom. The van der Waals surface area contributed by atoms with E-state index < -0.39 is 0 Å². The highest BCUT2D eigenvalue weighted by atomic mass is 35.5. The van der Waals surface area contributed by atoms with Gasteiger partial charge in [-0.05, 0) is 57.3 Å². The summed E-state index contributed by atoms with van der Waals surface area (Å²) in [6.07, 6.45) is 5.27. The van der Waals surface area contributed by atoms with E-state index in [1.807, 2.05) is 6.07 Å². The van der Waals surface area contributed by atoms with Gasteiger partial charge < -0.3 is 19.5 Å². The number of hydrogen-bond donors (Lipinski definition) is 1. The molecule has 1 N–H and O–H groups in total. The van der Waals surface area contributed by atoms with Crippen LogP contribution in [0.4, 0.5) is 0 Å². The summed E-state index contributed by atoms with van der Waals surface area (Å²) in [5, 5.41) is 3.67. The second-order valence-electron chi connectivity index (χ2n) is 6.81. The number of ether oxygens (including phenoxy) is 3. The molecule has 1 unspecified atom stereocenters. The first-order chi connectivity index (χ1) is 11.8. The van der Waals surface area contributed by atoms with E-state index >= 15 is 0 Å². The fourth-order valence-electron chi connectivity index (χ4n) is 4.16. The zero-order chi connectivity index (χ0) is 16.9. The molecule has 2 fully saturated rings. The third-order valence-corrected chi connectivity index (χ3v) is 5.48. The van der Waals surface area contributed by atoms with Gasteiger partial charge in [-0.15, -0.1) is 12.4 Å².